The van der Waals surface area contributed by atoms with Crippen molar-refractivity contribution in [2.24, 2.45) is 11.8 Å². The van der Waals surface area contributed by atoms with E-state index in [1.165, 1.54) is 12.1 Å². The molecule has 0 spiro atoms. The van der Waals surface area contributed by atoms with Crippen LogP contribution >= 0.6 is 0 Å². The zero-order valence-electron chi connectivity index (χ0n) is 20.8. The normalized spacial score (nSPS) is 19.0. The molecule has 1 N–H and O–H groups in total. The maximum Gasteiger partial charge on any atom is 0.416 e. The molecule has 4 rings (SSSR count). The molecule has 9 heteroatoms. The van der Waals surface area contributed by atoms with Gasteiger partial charge in [-0.3, -0.25) is 14.7 Å². The number of carbonyl (C=O) groups is 1. The number of rotatable bonds is 7. The lowest BCUT2D eigenvalue weighted by atomic mass is 9.81. The summed E-state index contributed by atoms with van der Waals surface area (Å²) in [6.45, 7) is 1.07. The van der Waals surface area contributed by atoms with E-state index in [2.05, 4.69) is 16.8 Å². The molecule has 0 unspecified atom stereocenters. The number of carboxylic acids is 1. The van der Waals surface area contributed by atoms with E-state index in [1.54, 1.807) is 37.6 Å². The average molecular weight is 529 g/mol. The molecule has 3 atom stereocenters. The molecule has 0 bridgehead atoms. The Hall–Kier alpha value is -3.64. The summed E-state index contributed by atoms with van der Waals surface area (Å²) >= 11 is 0. The number of aliphatic carboxylic acids is 1. The van der Waals surface area contributed by atoms with Gasteiger partial charge in [0, 0.05) is 23.7 Å². The van der Waals surface area contributed by atoms with Crippen LogP contribution in [0.2, 0.25) is 0 Å². The lowest BCUT2D eigenvalue weighted by molar-refractivity contribution is -0.146. The highest BCUT2D eigenvalue weighted by Gasteiger charge is 2.34. The SMILES string of the molecule is COc1ccc2nccc([C@@H](F)CC[C@@H]3CCN(CC#Cc4cccc(C(F)(F)F)c4)C[C@@H]3C(=O)O)c2c1. The first-order valence-electron chi connectivity index (χ1n) is 12.3. The van der Waals surface area contributed by atoms with E-state index in [9.17, 15) is 23.1 Å². The van der Waals surface area contributed by atoms with Crippen molar-refractivity contribution in [2.75, 3.05) is 26.7 Å². The van der Waals surface area contributed by atoms with E-state index in [-0.39, 0.29) is 31.0 Å². The number of piperidine rings is 1. The van der Waals surface area contributed by atoms with Crippen molar-refractivity contribution in [1.29, 1.82) is 0 Å². The molecule has 0 amide bonds. The number of pyridine rings is 1. The van der Waals surface area contributed by atoms with Gasteiger partial charge in [0.2, 0.25) is 0 Å². The summed E-state index contributed by atoms with van der Waals surface area (Å²) in [6.07, 6.45) is -2.99. The quantitative estimate of drug-likeness (QED) is 0.295. The lowest BCUT2D eigenvalue weighted by Gasteiger charge is -2.35. The minimum Gasteiger partial charge on any atom is -0.497 e. The summed E-state index contributed by atoms with van der Waals surface area (Å²) in [5, 5.41) is 10.5. The summed E-state index contributed by atoms with van der Waals surface area (Å²) in [7, 11) is 1.54. The highest BCUT2D eigenvalue weighted by Crippen LogP contribution is 2.35. The zero-order valence-corrected chi connectivity index (χ0v) is 20.8. The van der Waals surface area contributed by atoms with Gasteiger partial charge in [0.05, 0.1) is 30.7 Å². The Kier molecular flexibility index (Phi) is 8.52. The largest absolute Gasteiger partial charge is 0.497 e. The Morgan fingerprint density at radius 1 is 1.24 bits per heavy atom. The number of alkyl halides is 4. The van der Waals surface area contributed by atoms with Crippen LogP contribution in [0.25, 0.3) is 10.9 Å². The molecule has 0 radical (unpaired) electrons. The van der Waals surface area contributed by atoms with Gasteiger partial charge in [-0.2, -0.15) is 13.2 Å². The van der Waals surface area contributed by atoms with Crippen LogP contribution in [-0.4, -0.2) is 47.7 Å². The van der Waals surface area contributed by atoms with Crippen molar-refractivity contribution in [3.8, 4) is 17.6 Å². The third kappa shape index (κ3) is 6.62. The zero-order chi connectivity index (χ0) is 27.3. The second-order valence-corrected chi connectivity index (χ2v) is 9.44. The van der Waals surface area contributed by atoms with Crippen LogP contribution in [0, 0.1) is 23.7 Å². The van der Waals surface area contributed by atoms with Crippen molar-refractivity contribution < 1.29 is 32.2 Å². The number of nitrogens with zero attached hydrogens (tertiary/aromatic N) is 2. The third-order valence-electron chi connectivity index (χ3n) is 6.99. The van der Waals surface area contributed by atoms with Crippen molar-refractivity contribution in [3.05, 3.63) is 71.4 Å². The molecule has 0 saturated carbocycles. The van der Waals surface area contributed by atoms with Gasteiger partial charge < -0.3 is 9.84 Å². The van der Waals surface area contributed by atoms with Crippen molar-refractivity contribution in [3.63, 3.8) is 0 Å². The summed E-state index contributed by atoms with van der Waals surface area (Å²) < 4.78 is 59.3. The fourth-order valence-corrected chi connectivity index (χ4v) is 4.93. The van der Waals surface area contributed by atoms with Gasteiger partial charge in [0.25, 0.3) is 0 Å². The number of hydrogen-bond donors (Lipinski definition) is 1. The average Bonchev–Trinajstić information content (AvgIpc) is 2.91. The van der Waals surface area contributed by atoms with Crippen LogP contribution in [0.4, 0.5) is 17.6 Å². The molecule has 5 nitrogen and oxygen atoms in total. The van der Waals surface area contributed by atoms with Gasteiger partial charge in [0.15, 0.2) is 0 Å². The van der Waals surface area contributed by atoms with Gasteiger partial charge in [-0.25, -0.2) is 4.39 Å². The maximum absolute atomic E-state index is 15.4. The van der Waals surface area contributed by atoms with Crippen LogP contribution < -0.4 is 4.74 Å². The van der Waals surface area contributed by atoms with Crippen LogP contribution in [-0.2, 0) is 11.0 Å². The van der Waals surface area contributed by atoms with Crippen LogP contribution in [0.3, 0.4) is 0 Å². The lowest BCUT2D eigenvalue weighted by Crippen LogP contribution is -2.44. The number of methoxy groups -OCH3 is 1. The third-order valence-corrected chi connectivity index (χ3v) is 6.99. The first-order chi connectivity index (χ1) is 18.2. The van der Waals surface area contributed by atoms with E-state index >= 15 is 4.39 Å². The van der Waals surface area contributed by atoms with E-state index in [0.717, 1.165) is 12.1 Å². The molecule has 3 aromatic rings. The van der Waals surface area contributed by atoms with Crippen LogP contribution in [0.15, 0.2) is 54.7 Å². The van der Waals surface area contributed by atoms with Crippen molar-refractivity contribution >= 4 is 16.9 Å². The number of ether oxygens (including phenoxy) is 1. The number of carboxylic acid groups (broad SMARTS) is 1. The molecule has 0 aliphatic carbocycles. The molecular weight excluding hydrogens is 500 g/mol. The van der Waals surface area contributed by atoms with Gasteiger partial charge in [0.1, 0.15) is 11.9 Å². The number of hydrogen-bond acceptors (Lipinski definition) is 4. The molecule has 2 aromatic carbocycles. The Morgan fingerprint density at radius 3 is 2.79 bits per heavy atom. The van der Waals surface area contributed by atoms with Gasteiger partial charge in [-0.15, -0.1) is 0 Å². The maximum atomic E-state index is 15.4. The highest BCUT2D eigenvalue weighted by atomic mass is 19.4. The summed E-state index contributed by atoms with van der Waals surface area (Å²) in [6, 6.07) is 11.7. The molecule has 1 saturated heterocycles. The van der Waals surface area contributed by atoms with E-state index in [0.29, 0.717) is 41.6 Å². The summed E-state index contributed by atoms with van der Waals surface area (Å²) in [5.41, 5.74) is 0.651. The topological polar surface area (TPSA) is 62.7 Å². The Bertz CT molecular complexity index is 1350. The fourth-order valence-electron chi connectivity index (χ4n) is 4.93. The smallest absolute Gasteiger partial charge is 0.416 e. The second-order valence-electron chi connectivity index (χ2n) is 9.44. The Balaban J connectivity index is 1.37. The molecule has 1 aliphatic rings. The predicted molar refractivity (Wildman–Crippen MR) is 135 cm³/mol. The Morgan fingerprint density at radius 2 is 2.05 bits per heavy atom. The minimum absolute atomic E-state index is 0.181. The van der Waals surface area contributed by atoms with Gasteiger partial charge in [-0.1, -0.05) is 17.9 Å². The molecular formula is C29H28F4N2O3. The molecule has 38 heavy (non-hydrogen) atoms. The summed E-state index contributed by atoms with van der Waals surface area (Å²) in [5.74, 6) is 4.39. The molecule has 1 aromatic heterocycles. The van der Waals surface area contributed by atoms with E-state index < -0.39 is 29.8 Å². The molecule has 2 heterocycles. The van der Waals surface area contributed by atoms with Crippen LogP contribution in [0.1, 0.15) is 42.1 Å². The molecule has 1 aliphatic heterocycles. The Labute approximate surface area is 218 Å². The second kappa shape index (κ2) is 11.8. The standard InChI is InChI=1S/C29H28F4N2O3/c1-38-22-8-10-27-24(17-22)23(11-13-34-27)26(30)9-7-20-12-15-35(18-25(20)28(36)37)14-3-5-19-4-2-6-21(16-19)29(31,32)33/h2,4,6,8,10-11,13,16-17,20,25-26H,7,9,12,14-15,18H2,1H3,(H,36,37)/t20-,25+,26+/m1/s1. The van der Waals surface area contributed by atoms with E-state index in [4.69, 9.17) is 4.74 Å². The van der Waals surface area contributed by atoms with Crippen LogP contribution in [0.5, 0.6) is 5.75 Å². The highest BCUT2D eigenvalue weighted by molar-refractivity contribution is 5.83. The van der Waals surface area contributed by atoms with Gasteiger partial charge in [-0.05, 0) is 79.8 Å². The van der Waals surface area contributed by atoms with Crippen molar-refractivity contribution in [1.82, 2.24) is 9.88 Å². The first kappa shape index (κ1) is 27.4. The number of halogens is 4. The number of benzene rings is 2. The molecule has 200 valence electrons. The fraction of sp³-hybridized carbons (Fsp3) is 0.379. The number of aromatic nitrogens is 1. The number of fused-ring (bicyclic) bond motifs is 1. The summed E-state index contributed by atoms with van der Waals surface area (Å²) in [4.78, 5) is 18.2. The van der Waals surface area contributed by atoms with E-state index in [1.807, 2.05) is 4.90 Å². The van der Waals surface area contributed by atoms with Crippen molar-refractivity contribution in [2.45, 2.75) is 31.6 Å². The monoisotopic (exact) mass is 528 g/mol. The molecule has 1 fully saturated rings. The first-order valence-corrected chi connectivity index (χ1v) is 12.3. The van der Waals surface area contributed by atoms with Gasteiger partial charge >= 0.3 is 12.1 Å². The predicted octanol–water partition coefficient (Wildman–Crippen LogP) is 6.13. The minimum atomic E-state index is -4.44. The number of likely N-dealkylation sites (tertiary alicyclic amines) is 1.